The fraction of sp³-hybridized carbons (Fsp3) is 0.500. The average molecular weight is 232 g/mol. The first-order valence-corrected chi connectivity index (χ1v) is 6.09. The second kappa shape index (κ2) is 4.40. The molecule has 1 N–H and O–H groups in total. The van der Waals surface area contributed by atoms with Gasteiger partial charge in [-0.15, -0.1) is 0 Å². The second-order valence-corrected chi connectivity index (χ2v) is 5.60. The van der Waals surface area contributed by atoms with E-state index in [9.17, 15) is 4.79 Å². The van der Waals surface area contributed by atoms with Crippen molar-refractivity contribution in [1.29, 1.82) is 0 Å². The number of hydrogen-bond donors (Lipinski definition) is 1. The Morgan fingerprint density at radius 1 is 1.24 bits per heavy atom. The molecule has 1 saturated heterocycles. The Hall–Kier alpha value is -1.51. The van der Waals surface area contributed by atoms with Gasteiger partial charge < -0.3 is 10.2 Å². The van der Waals surface area contributed by atoms with E-state index in [-0.39, 0.29) is 17.5 Å². The Morgan fingerprint density at radius 2 is 1.88 bits per heavy atom. The van der Waals surface area contributed by atoms with Gasteiger partial charge in [0.15, 0.2) is 0 Å². The van der Waals surface area contributed by atoms with Gasteiger partial charge >= 0.3 is 6.03 Å². The molecule has 3 heteroatoms. The van der Waals surface area contributed by atoms with Crippen molar-refractivity contribution in [3.63, 3.8) is 0 Å². The summed E-state index contributed by atoms with van der Waals surface area (Å²) < 4.78 is 0. The largest absolute Gasteiger partial charge is 0.336 e. The predicted molar refractivity (Wildman–Crippen MR) is 68.7 cm³/mol. The quantitative estimate of drug-likeness (QED) is 0.835. The summed E-state index contributed by atoms with van der Waals surface area (Å²) in [5.74, 6) is 0. The number of rotatable bonds is 2. The van der Waals surface area contributed by atoms with Crippen molar-refractivity contribution in [2.45, 2.75) is 26.8 Å². The van der Waals surface area contributed by atoms with E-state index in [1.807, 2.05) is 23.1 Å². The molecule has 1 heterocycles. The summed E-state index contributed by atoms with van der Waals surface area (Å²) in [5.41, 5.74) is 1.24. The Bertz CT molecular complexity index is 394. The highest BCUT2D eigenvalue weighted by molar-refractivity contribution is 5.76. The van der Waals surface area contributed by atoms with E-state index in [4.69, 9.17) is 0 Å². The zero-order valence-corrected chi connectivity index (χ0v) is 10.7. The highest BCUT2D eigenvalue weighted by Crippen LogP contribution is 2.38. The SMILES string of the molecule is CC(C)(C)C(c1ccccc1)N1CCNC1=O. The van der Waals surface area contributed by atoms with Crippen LogP contribution in [0.4, 0.5) is 4.79 Å². The van der Waals surface area contributed by atoms with Gasteiger partial charge in [0.25, 0.3) is 0 Å². The van der Waals surface area contributed by atoms with Crippen molar-refractivity contribution < 1.29 is 4.79 Å². The van der Waals surface area contributed by atoms with E-state index in [0.29, 0.717) is 0 Å². The van der Waals surface area contributed by atoms with Gasteiger partial charge in [-0.05, 0) is 11.0 Å². The maximum absolute atomic E-state index is 11.9. The third-order valence-corrected chi connectivity index (χ3v) is 3.14. The first-order chi connectivity index (χ1) is 8.00. The van der Waals surface area contributed by atoms with Gasteiger partial charge in [-0.2, -0.15) is 0 Å². The summed E-state index contributed by atoms with van der Waals surface area (Å²) in [7, 11) is 0. The van der Waals surface area contributed by atoms with Crippen LogP contribution in [0.1, 0.15) is 32.4 Å². The molecule has 0 saturated carbocycles. The van der Waals surface area contributed by atoms with Crippen molar-refractivity contribution >= 4 is 6.03 Å². The van der Waals surface area contributed by atoms with Crippen LogP contribution in [0, 0.1) is 5.41 Å². The number of carbonyl (C=O) groups excluding carboxylic acids is 1. The van der Waals surface area contributed by atoms with Crippen LogP contribution in [0.2, 0.25) is 0 Å². The first-order valence-electron chi connectivity index (χ1n) is 6.09. The molecule has 0 aliphatic carbocycles. The van der Waals surface area contributed by atoms with Gasteiger partial charge in [-0.25, -0.2) is 4.79 Å². The molecular weight excluding hydrogens is 212 g/mol. The molecule has 1 unspecified atom stereocenters. The van der Waals surface area contributed by atoms with E-state index in [1.54, 1.807) is 0 Å². The van der Waals surface area contributed by atoms with E-state index in [2.05, 4.69) is 38.2 Å². The zero-order chi connectivity index (χ0) is 12.5. The molecule has 1 atom stereocenters. The van der Waals surface area contributed by atoms with Crippen molar-refractivity contribution in [3.05, 3.63) is 35.9 Å². The number of urea groups is 1. The van der Waals surface area contributed by atoms with Crippen molar-refractivity contribution in [2.75, 3.05) is 13.1 Å². The van der Waals surface area contributed by atoms with Gasteiger partial charge in [0.05, 0.1) is 6.04 Å². The summed E-state index contributed by atoms with van der Waals surface area (Å²) in [6, 6.07) is 10.4. The normalized spacial score (nSPS) is 18.1. The van der Waals surface area contributed by atoms with Gasteiger partial charge in [0.2, 0.25) is 0 Å². The van der Waals surface area contributed by atoms with Crippen LogP contribution in [0.3, 0.4) is 0 Å². The van der Waals surface area contributed by atoms with Crippen molar-refractivity contribution in [1.82, 2.24) is 10.2 Å². The van der Waals surface area contributed by atoms with Crippen LogP contribution in [0.25, 0.3) is 0 Å². The molecule has 92 valence electrons. The summed E-state index contributed by atoms with van der Waals surface area (Å²) >= 11 is 0. The van der Waals surface area contributed by atoms with Crippen molar-refractivity contribution in [3.8, 4) is 0 Å². The number of nitrogens with one attached hydrogen (secondary N) is 1. The molecule has 3 nitrogen and oxygen atoms in total. The molecule has 1 aliphatic rings. The molecule has 2 rings (SSSR count). The number of carbonyl (C=O) groups is 1. The number of benzene rings is 1. The van der Waals surface area contributed by atoms with Crippen LogP contribution in [-0.4, -0.2) is 24.0 Å². The Labute approximate surface area is 103 Å². The molecular formula is C14H20N2O. The minimum Gasteiger partial charge on any atom is -0.336 e. The summed E-state index contributed by atoms with van der Waals surface area (Å²) in [6.07, 6.45) is 0. The van der Waals surface area contributed by atoms with Crippen LogP contribution >= 0.6 is 0 Å². The fourth-order valence-corrected chi connectivity index (χ4v) is 2.52. The lowest BCUT2D eigenvalue weighted by Gasteiger charge is -2.37. The molecule has 0 spiro atoms. The zero-order valence-electron chi connectivity index (χ0n) is 10.7. The van der Waals surface area contributed by atoms with Gasteiger partial charge in [-0.1, -0.05) is 51.1 Å². The molecule has 0 radical (unpaired) electrons. The topological polar surface area (TPSA) is 32.3 Å². The smallest absolute Gasteiger partial charge is 0.318 e. The number of nitrogens with zero attached hydrogens (tertiary/aromatic N) is 1. The molecule has 17 heavy (non-hydrogen) atoms. The van der Waals surface area contributed by atoms with Crippen LogP contribution < -0.4 is 5.32 Å². The van der Waals surface area contributed by atoms with E-state index in [1.165, 1.54) is 5.56 Å². The first kappa shape index (κ1) is 12.0. The van der Waals surface area contributed by atoms with Crippen molar-refractivity contribution in [2.24, 2.45) is 5.41 Å². The van der Waals surface area contributed by atoms with E-state index in [0.717, 1.165) is 13.1 Å². The fourth-order valence-electron chi connectivity index (χ4n) is 2.52. The lowest BCUT2D eigenvalue weighted by molar-refractivity contribution is 0.138. The standard InChI is InChI=1S/C14H20N2O/c1-14(2,3)12(11-7-5-4-6-8-11)16-10-9-15-13(16)17/h4-8,12H,9-10H2,1-3H3,(H,15,17). The lowest BCUT2D eigenvalue weighted by atomic mass is 9.81. The van der Waals surface area contributed by atoms with E-state index >= 15 is 0 Å². The monoisotopic (exact) mass is 232 g/mol. The molecule has 1 aliphatic heterocycles. The third kappa shape index (κ3) is 2.43. The highest BCUT2D eigenvalue weighted by Gasteiger charge is 2.36. The number of amides is 2. The summed E-state index contributed by atoms with van der Waals surface area (Å²) in [5, 5.41) is 2.88. The second-order valence-electron chi connectivity index (χ2n) is 5.60. The molecule has 1 fully saturated rings. The third-order valence-electron chi connectivity index (χ3n) is 3.14. The Balaban J connectivity index is 2.36. The maximum Gasteiger partial charge on any atom is 0.318 e. The minimum absolute atomic E-state index is 0.0308. The lowest BCUT2D eigenvalue weighted by Crippen LogP contribution is -2.39. The number of hydrogen-bond acceptors (Lipinski definition) is 1. The van der Waals surface area contributed by atoms with Gasteiger partial charge in [0.1, 0.15) is 0 Å². The van der Waals surface area contributed by atoms with Crippen LogP contribution in [-0.2, 0) is 0 Å². The Morgan fingerprint density at radius 3 is 2.35 bits per heavy atom. The van der Waals surface area contributed by atoms with Gasteiger partial charge in [-0.3, -0.25) is 0 Å². The summed E-state index contributed by atoms with van der Waals surface area (Å²) in [6.45, 7) is 8.07. The average Bonchev–Trinajstić information content (AvgIpc) is 2.65. The Kier molecular flexibility index (Phi) is 3.09. The predicted octanol–water partition coefficient (Wildman–Crippen LogP) is 2.80. The minimum atomic E-state index is 0.0308. The molecule has 2 amide bonds. The molecule has 0 aromatic heterocycles. The molecule has 0 bridgehead atoms. The van der Waals surface area contributed by atoms with Gasteiger partial charge in [0, 0.05) is 13.1 Å². The van der Waals surface area contributed by atoms with Crippen LogP contribution in [0.5, 0.6) is 0 Å². The molecule has 1 aromatic rings. The maximum atomic E-state index is 11.9. The molecule has 1 aromatic carbocycles. The summed E-state index contributed by atoms with van der Waals surface area (Å²) in [4.78, 5) is 13.8. The highest BCUT2D eigenvalue weighted by atomic mass is 16.2. The van der Waals surface area contributed by atoms with Crippen LogP contribution in [0.15, 0.2) is 30.3 Å². The van der Waals surface area contributed by atoms with E-state index < -0.39 is 0 Å².